The molecule has 0 spiro atoms. The lowest BCUT2D eigenvalue weighted by atomic mass is 9.98. The van der Waals surface area contributed by atoms with Gasteiger partial charge in [0.2, 0.25) is 5.75 Å². The van der Waals surface area contributed by atoms with Gasteiger partial charge in [-0.15, -0.1) is 13.2 Å². The quantitative estimate of drug-likeness (QED) is 0.218. The van der Waals surface area contributed by atoms with Gasteiger partial charge in [-0.25, -0.2) is 13.2 Å². The molecule has 4 rings (SSSR count). The molecule has 1 aliphatic heterocycles. The first-order chi connectivity index (χ1) is 17.6. The summed E-state index contributed by atoms with van der Waals surface area (Å²) in [5.41, 5.74) is 1.11. The largest absolute Gasteiger partial charge is 0.573 e. The Morgan fingerprint density at radius 1 is 0.919 bits per heavy atom. The van der Waals surface area contributed by atoms with Crippen molar-refractivity contribution < 1.29 is 45.3 Å². The summed E-state index contributed by atoms with van der Waals surface area (Å²) in [6.45, 7) is 3.52. The molecule has 3 aromatic rings. The zero-order chi connectivity index (χ0) is 26.6. The fourth-order valence-corrected chi connectivity index (χ4v) is 4.11. The standard InChI is InChI=1S/C27H26F6O4/c1-2-3-10-34-20-14-35-26(36-15-20)19-8-9-21-18(13-19)7-6-17(24(21)30)5-4-16-11-22(28)25(23(29)12-16)37-27(31,32)33/h6-9,11-13,20,26H,2-5,10,14-15H2,1H3. The highest BCUT2D eigenvalue weighted by Gasteiger charge is 2.34. The first-order valence-electron chi connectivity index (χ1n) is 11.9. The topological polar surface area (TPSA) is 36.9 Å². The molecule has 0 aliphatic carbocycles. The van der Waals surface area contributed by atoms with Crippen LogP contribution in [-0.2, 0) is 27.1 Å². The lowest BCUT2D eigenvalue weighted by Gasteiger charge is -2.29. The van der Waals surface area contributed by atoms with E-state index in [1.54, 1.807) is 30.3 Å². The number of benzene rings is 3. The zero-order valence-electron chi connectivity index (χ0n) is 20.0. The lowest BCUT2D eigenvalue weighted by molar-refractivity contribution is -0.276. The minimum atomic E-state index is -5.22. The third kappa shape index (κ3) is 6.94. The number of aryl methyl sites for hydroxylation is 2. The van der Waals surface area contributed by atoms with Gasteiger partial charge in [0.05, 0.1) is 13.2 Å². The summed E-state index contributed by atoms with van der Waals surface area (Å²) >= 11 is 0. The summed E-state index contributed by atoms with van der Waals surface area (Å²) in [4.78, 5) is 0. The SMILES string of the molecule is CCCCOC1COC(c2ccc3c(F)c(CCc4cc(F)c(OC(F)(F)F)c(F)c4)ccc3c2)OC1. The average Bonchev–Trinajstić information content (AvgIpc) is 2.86. The monoisotopic (exact) mass is 528 g/mol. The van der Waals surface area contributed by atoms with Gasteiger partial charge in [-0.05, 0) is 54.0 Å². The van der Waals surface area contributed by atoms with Crippen molar-refractivity contribution in [3.63, 3.8) is 0 Å². The lowest BCUT2D eigenvalue weighted by Crippen LogP contribution is -2.33. The predicted molar refractivity (Wildman–Crippen MR) is 124 cm³/mol. The molecule has 0 aromatic heterocycles. The molecule has 0 unspecified atom stereocenters. The Morgan fingerprint density at radius 3 is 2.27 bits per heavy atom. The molecule has 1 heterocycles. The van der Waals surface area contributed by atoms with Crippen LogP contribution in [0.1, 0.15) is 42.7 Å². The molecular formula is C27H26F6O4. The summed E-state index contributed by atoms with van der Waals surface area (Å²) in [6.07, 6.45) is -3.85. The van der Waals surface area contributed by atoms with Crippen LogP contribution in [0.4, 0.5) is 26.3 Å². The van der Waals surface area contributed by atoms with E-state index in [4.69, 9.17) is 14.2 Å². The van der Waals surface area contributed by atoms with E-state index in [0.29, 0.717) is 36.2 Å². The smallest absolute Gasteiger partial charge is 0.399 e. The maximum absolute atomic E-state index is 15.2. The predicted octanol–water partition coefficient (Wildman–Crippen LogP) is 7.17. The normalized spacial score (nSPS) is 18.4. The Labute approximate surface area is 210 Å². The Bertz CT molecular complexity index is 1200. The third-order valence-corrected chi connectivity index (χ3v) is 6.01. The van der Waals surface area contributed by atoms with Gasteiger partial charge >= 0.3 is 6.36 Å². The van der Waals surface area contributed by atoms with Gasteiger partial charge in [0, 0.05) is 17.6 Å². The second kappa shape index (κ2) is 11.7. The Hall–Kier alpha value is -2.82. The van der Waals surface area contributed by atoms with Crippen LogP contribution in [0, 0.1) is 17.5 Å². The van der Waals surface area contributed by atoms with Gasteiger partial charge in [-0.2, -0.15) is 0 Å². The van der Waals surface area contributed by atoms with E-state index in [0.717, 1.165) is 30.5 Å². The maximum Gasteiger partial charge on any atom is 0.573 e. The number of unbranched alkanes of at least 4 members (excludes halogenated alkanes) is 1. The first kappa shape index (κ1) is 27.2. The number of fused-ring (bicyclic) bond motifs is 1. The van der Waals surface area contributed by atoms with Gasteiger partial charge in [0.15, 0.2) is 17.9 Å². The number of halogens is 6. The molecule has 1 fully saturated rings. The van der Waals surface area contributed by atoms with Crippen LogP contribution in [0.3, 0.4) is 0 Å². The van der Waals surface area contributed by atoms with Gasteiger partial charge in [-0.3, -0.25) is 0 Å². The molecule has 1 aliphatic rings. The van der Waals surface area contributed by atoms with Crippen molar-refractivity contribution in [2.75, 3.05) is 19.8 Å². The Balaban J connectivity index is 1.41. The summed E-state index contributed by atoms with van der Waals surface area (Å²) in [7, 11) is 0. The fourth-order valence-electron chi connectivity index (χ4n) is 4.11. The van der Waals surface area contributed by atoms with E-state index in [2.05, 4.69) is 11.7 Å². The summed E-state index contributed by atoms with van der Waals surface area (Å²) in [5, 5.41) is 0.974. The summed E-state index contributed by atoms with van der Waals surface area (Å²) in [6, 6.07) is 9.88. The molecule has 200 valence electrons. The molecule has 10 heteroatoms. The third-order valence-electron chi connectivity index (χ3n) is 6.01. The van der Waals surface area contributed by atoms with Crippen LogP contribution in [0.2, 0.25) is 0 Å². The molecule has 0 saturated carbocycles. The highest BCUT2D eigenvalue weighted by Crippen LogP contribution is 2.31. The molecule has 0 atom stereocenters. The van der Waals surface area contributed by atoms with Gasteiger partial charge < -0.3 is 18.9 Å². The molecular weight excluding hydrogens is 502 g/mol. The summed E-state index contributed by atoms with van der Waals surface area (Å²) < 4.78 is 101. The van der Waals surface area contributed by atoms with E-state index in [-0.39, 0.29) is 24.5 Å². The highest BCUT2D eigenvalue weighted by molar-refractivity contribution is 5.84. The Kier molecular flexibility index (Phi) is 8.61. The van der Waals surface area contributed by atoms with Crippen molar-refractivity contribution in [1.29, 1.82) is 0 Å². The van der Waals surface area contributed by atoms with Crippen molar-refractivity contribution in [1.82, 2.24) is 0 Å². The Morgan fingerprint density at radius 2 is 1.62 bits per heavy atom. The number of ether oxygens (including phenoxy) is 4. The van der Waals surface area contributed by atoms with E-state index < -0.39 is 35.9 Å². The average molecular weight is 528 g/mol. The number of alkyl halides is 3. The van der Waals surface area contributed by atoms with E-state index >= 15 is 4.39 Å². The number of hydrogen-bond donors (Lipinski definition) is 0. The molecule has 0 radical (unpaired) electrons. The molecule has 3 aromatic carbocycles. The molecule has 1 saturated heterocycles. The van der Waals surface area contributed by atoms with Gasteiger partial charge in [0.1, 0.15) is 11.9 Å². The van der Waals surface area contributed by atoms with Crippen LogP contribution in [0.5, 0.6) is 5.75 Å². The van der Waals surface area contributed by atoms with Crippen molar-refractivity contribution in [3.8, 4) is 5.75 Å². The van der Waals surface area contributed by atoms with Crippen LogP contribution < -0.4 is 4.74 Å². The zero-order valence-corrected chi connectivity index (χ0v) is 20.0. The van der Waals surface area contributed by atoms with Gasteiger partial charge in [-0.1, -0.05) is 37.6 Å². The highest BCUT2D eigenvalue weighted by atomic mass is 19.4. The van der Waals surface area contributed by atoms with Crippen molar-refractivity contribution in [3.05, 3.63) is 76.6 Å². The van der Waals surface area contributed by atoms with Gasteiger partial charge in [0.25, 0.3) is 0 Å². The molecule has 0 amide bonds. The van der Waals surface area contributed by atoms with Crippen molar-refractivity contribution in [2.45, 2.75) is 51.4 Å². The molecule has 0 N–H and O–H groups in total. The number of hydrogen-bond acceptors (Lipinski definition) is 4. The number of rotatable bonds is 9. The van der Waals surface area contributed by atoms with Crippen molar-refractivity contribution >= 4 is 10.8 Å². The molecule has 4 nitrogen and oxygen atoms in total. The minimum absolute atomic E-state index is 0.00585. The van der Waals surface area contributed by atoms with E-state index in [1.165, 1.54) is 0 Å². The summed E-state index contributed by atoms with van der Waals surface area (Å²) in [5.74, 6) is -4.97. The van der Waals surface area contributed by atoms with E-state index in [1.807, 2.05) is 0 Å². The first-order valence-corrected chi connectivity index (χ1v) is 11.9. The minimum Gasteiger partial charge on any atom is -0.399 e. The second-order valence-electron chi connectivity index (χ2n) is 8.80. The van der Waals surface area contributed by atoms with Crippen LogP contribution in [-0.4, -0.2) is 32.3 Å². The molecule has 0 bridgehead atoms. The molecule has 37 heavy (non-hydrogen) atoms. The van der Waals surface area contributed by atoms with Crippen LogP contribution in [0.25, 0.3) is 10.8 Å². The van der Waals surface area contributed by atoms with Crippen LogP contribution >= 0.6 is 0 Å². The second-order valence-corrected chi connectivity index (χ2v) is 8.80. The van der Waals surface area contributed by atoms with Crippen molar-refractivity contribution in [2.24, 2.45) is 0 Å². The fraction of sp³-hybridized carbons (Fsp3) is 0.407. The van der Waals surface area contributed by atoms with E-state index in [9.17, 15) is 22.0 Å². The maximum atomic E-state index is 15.2. The van der Waals surface area contributed by atoms with Crippen LogP contribution in [0.15, 0.2) is 42.5 Å².